The van der Waals surface area contributed by atoms with Crippen molar-refractivity contribution in [3.05, 3.63) is 55.2 Å². The Morgan fingerprint density at radius 2 is 2.00 bits per heavy atom. The Balaban J connectivity index is 2.04. The van der Waals surface area contributed by atoms with Crippen molar-refractivity contribution in [2.75, 3.05) is 5.32 Å². The summed E-state index contributed by atoms with van der Waals surface area (Å²) in [4.78, 5) is 35.4. The Morgan fingerprint density at radius 1 is 1.28 bits per heavy atom. The number of rotatable bonds is 5. The third-order valence-corrected chi connectivity index (χ3v) is 4.91. The fourth-order valence-corrected chi connectivity index (χ4v) is 3.26. The van der Waals surface area contributed by atoms with Crippen LogP contribution >= 0.6 is 22.9 Å². The van der Waals surface area contributed by atoms with Crippen molar-refractivity contribution in [3.8, 4) is 0 Å². The largest absolute Gasteiger partial charge is 0.340 e. The van der Waals surface area contributed by atoms with Crippen LogP contribution in [0.4, 0.5) is 11.4 Å². The molecule has 1 atom stereocenters. The van der Waals surface area contributed by atoms with Crippen LogP contribution in [0.1, 0.15) is 30.3 Å². The van der Waals surface area contributed by atoms with Crippen molar-refractivity contribution < 1.29 is 14.5 Å². The Hall–Kier alpha value is -2.45. The molecule has 0 aliphatic heterocycles. The lowest BCUT2D eigenvalue weighted by Crippen LogP contribution is -2.36. The lowest BCUT2D eigenvalue weighted by molar-refractivity contribution is -0.385. The third-order valence-electron chi connectivity index (χ3n) is 3.50. The van der Waals surface area contributed by atoms with Crippen LogP contribution in [-0.4, -0.2) is 16.7 Å². The van der Waals surface area contributed by atoms with Crippen LogP contribution in [-0.2, 0) is 16.0 Å². The van der Waals surface area contributed by atoms with E-state index in [4.69, 9.17) is 11.6 Å². The molecule has 0 aliphatic rings. The van der Waals surface area contributed by atoms with Crippen LogP contribution in [0.15, 0.2) is 30.3 Å². The minimum absolute atomic E-state index is 0.0951. The maximum absolute atomic E-state index is 12.0. The molecule has 2 aromatic rings. The first kappa shape index (κ1) is 18.9. The van der Waals surface area contributed by atoms with E-state index in [0.29, 0.717) is 16.3 Å². The van der Waals surface area contributed by atoms with Gasteiger partial charge < -0.3 is 10.6 Å². The topological polar surface area (TPSA) is 101 Å². The average molecular weight is 382 g/mol. The molecular formula is C16H16ClN3O4S. The molecule has 0 saturated heterocycles. The lowest BCUT2D eigenvalue weighted by Gasteiger charge is -2.12. The molecule has 1 aromatic heterocycles. The first-order valence-electron chi connectivity index (χ1n) is 7.46. The lowest BCUT2D eigenvalue weighted by atomic mass is 10.1. The van der Waals surface area contributed by atoms with Gasteiger partial charge in [0.25, 0.3) is 5.69 Å². The molecule has 0 radical (unpaired) electrons. The van der Waals surface area contributed by atoms with Crippen LogP contribution in [0.2, 0.25) is 4.34 Å². The molecule has 1 aromatic carbocycles. The summed E-state index contributed by atoms with van der Waals surface area (Å²) in [6.45, 7) is 3.53. The van der Waals surface area contributed by atoms with E-state index in [9.17, 15) is 19.7 Å². The summed E-state index contributed by atoms with van der Waals surface area (Å²) in [6.07, 6.45) is 0.492. The zero-order valence-electron chi connectivity index (χ0n) is 13.5. The number of nitro groups is 1. The smallest absolute Gasteiger partial charge is 0.313 e. The molecule has 2 amide bonds. The maximum Gasteiger partial charge on any atom is 0.313 e. The fraction of sp³-hybridized carbons (Fsp3) is 0.250. The zero-order chi connectivity index (χ0) is 18.6. The number of aryl methyl sites for hydroxylation is 1. The standard InChI is InChI=1S/C16H16ClN3O4S/c1-3-10-4-5-11(8-12(10)20(23)24)19-16(22)15(21)18-9(2)13-6-7-14(17)25-13/h4-9H,3H2,1-2H3,(H,18,21)(H,19,22). The van der Waals surface area contributed by atoms with Gasteiger partial charge in [0.15, 0.2) is 0 Å². The minimum Gasteiger partial charge on any atom is -0.340 e. The molecule has 25 heavy (non-hydrogen) atoms. The number of anilines is 1. The first-order chi connectivity index (χ1) is 11.8. The normalized spacial score (nSPS) is 11.6. The molecule has 2 N–H and O–H groups in total. The minimum atomic E-state index is -0.895. The highest BCUT2D eigenvalue weighted by atomic mass is 35.5. The van der Waals surface area contributed by atoms with E-state index in [2.05, 4.69) is 10.6 Å². The number of thiophene rings is 1. The van der Waals surface area contributed by atoms with E-state index < -0.39 is 16.7 Å². The molecule has 132 valence electrons. The van der Waals surface area contributed by atoms with Crippen molar-refractivity contribution in [1.82, 2.24) is 5.32 Å². The molecule has 1 unspecified atom stereocenters. The highest BCUT2D eigenvalue weighted by Gasteiger charge is 2.20. The van der Waals surface area contributed by atoms with Gasteiger partial charge in [-0.2, -0.15) is 0 Å². The molecular weight excluding hydrogens is 366 g/mol. The predicted octanol–water partition coefficient (Wildman–Crippen LogP) is 3.69. The fourth-order valence-electron chi connectivity index (χ4n) is 2.19. The molecule has 0 spiro atoms. The van der Waals surface area contributed by atoms with Gasteiger partial charge in [-0.3, -0.25) is 19.7 Å². The highest BCUT2D eigenvalue weighted by molar-refractivity contribution is 7.16. The molecule has 0 saturated carbocycles. The quantitative estimate of drug-likeness (QED) is 0.468. The maximum atomic E-state index is 12.0. The summed E-state index contributed by atoms with van der Waals surface area (Å²) in [6, 6.07) is 7.42. The summed E-state index contributed by atoms with van der Waals surface area (Å²) in [5.41, 5.74) is 0.647. The second kappa shape index (κ2) is 8.09. The van der Waals surface area contributed by atoms with Crippen molar-refractivity contribution in [2.24, 2.45) is 0 Å². The highest BCUT2D eigenvalue weighted by Crippen LogP contribution is 2.27. The van der Waals surface area contributed by atoms with E-state index in [0.717, 1.165) is 4.88 Å². The SMILES string of the molecule is CCc1ccc(NC(=O)C(=O)NC(C)c2ccc(Cl)s2)cc1[N+](=O)[O-]. The zero-order valence-corrected chi connectivity index (χ0v) is 15.1. The van der Waals surface area contributed by atoms with Gasteiger partial charge in [0.05, 0.1) is 15.3 Å². The predicted molar refractivity (Wildman–Crippen MR) is 97.0 cm³/mol. The monoisotopic (exact) mass is 381 g/mol. The van der Waals surface area contributed by atoms with Crippen LogP contribution in [0.25, 0.3) is 0 Å². The van der Waals surface area contributed by atoms with Crippen LogP contribution in [0, 0.1) is 10.1 Å². The van der Waals surface area contributed by atoms with Gasteiger partial charge >= 0.3 is 11.8 Å². The van der Waals surface area contributed by atoms with E-state index in [-0.39, 0.29) is 17.4 Å². The summed E-state index contributed by atoms with van der Waals surface area (Å²) in [5.74, 6) is -1.73. The first-order valence-corrected chi connectivity index (χ1v) is 8.65. The van der Waals surface area contributed by atoms with Gasteiger partial charge in [0.1, 0.15) is 0 Å². The average Bonchev–Trinajstić information content (AvgIpc) is 3.01. The Morgan fingerprint density at radius 3 is 2.56 bits per heavy atom. The number of nitro benzene ring substituents is 1. The number of hydrogen-bond donors (Lipinski definition) is 2. The van der Waals surface area contributed by atoms with Gasteiger partial charge in [0.2, 0.25) is 0 Å². The number of benzene rings is 1. The molecule has 0 fully saturated rings. The van der Waals surface area contributed by atoms with Crippen molar-refractivity contribution >= 4 is 46.1 Å². The third kappa shape index (κ3) is 4.77. The van der Waals surface area contributed by atoms with Crippen LogP contribution in [0.3, 0.4) is 0 Å². The van der Waals surface area contributed by atoms with Crippen molar-refractivity contribution in [3.63, 3.8) is 0 Å². The van der Waals surface area contributed by atoms with E-state index in [1.165, 1.54) is 23.5 Å². The molecule has 0 bridgehead atoms. The summed E-state index contributed by atoms with van der Waals surface area (Å²) in [7, 11) is 0. The number of nitrogens with zero attached hydrogens (tertiary/aromatic N) is 1. The van der Waals surface area contributed by atoms with Gasteiger partial charge in [-0.25, -0.2) is 0 Å². The number of carbonyl (C=O) groups is 2. The number of amides is 2. The van der Waals surface area contributed by atoms with Gasteiger partial charge in [-0.1, -0.05) is 24.6 Å². The van der Waals surface area contributed by atoms with E-state index in [1.54, 1.807) is 32.0 Å². The molecule has 7 nitrogen and oxygen atoms in total. The summed E-state index contributed by atoms with van der Waals surface area (Å²) >= 11 is 7.15. The number of halogens is 1. The van der Waals surface area contributed by atoms with Gasteiger partial charge in [-0.15, -0.1) is 11.3 Å². The molecule has 9 heteroatoms. The van der Waals surface area contributed by atoms with Crippen molar-refractivity contribution in [1.29, 1.82) is 0 Å². The van der Waals surface area contributed by atoms with Gasteiger partial charge in [-0.05, 0) is 31.5 Å². The number of carbonyl (C=O) groups excluding carboxylic acids is 2. The Labute approximate surface area is 153 Å². The van der Waals surface area contributed by atoms with Crippen LogP contribution < -0.4 is 10.6 Å². The molecule has 1 heterocycles. The number of nitrogens with one attached hydrogen (secondary N) is 2. The molecule has 0 aliphatic carbocycles. The Kier molecular flexibility index (Phi) is 6.11. The van der Waals surface area contributed by atoms with Crippen LogP contribution in [0.5, 0.6) is 0 Å². The Bertz CT molecular complexity index is 821. The van der Waals surface area contributed by atoms with Crippen molar-refractivity contribution in [2.45, 2.75) is 26.3 Å². The van der Waals surface area contributed by atoms with Gasteiger partial charge in [0, 0.05) is 22.2 Å². The summed E-state index contributed by atoms with van der Waals surface area (Å²) in [5, 5.41) is 16.0. The second-order valence-electron chi connectivity index (χ2n) is 5.25. The summed E-state index contributed by atoms with van der Waals surface area (Å²) < 4.78 is 0.587. The van der Waals surface area contributed by atoms with E-state index in [1.807, 2.05) is 0 Å². The molecule has 2 rings (SSSR count). The van der Waals surface area contributed by atoms with E-state index >= 15 is 0 Å². The second-order valence-corrected chi connectivity index (χ2v) is 6.99. The number of hydrogen-bond acceptors (Lipinski definition) is 5.